The molecule has 0 bridgehead atoms. The van der Waals surface area contributed by atoms with E-state index in [1.54, 1.807) is 7.11 Å². The van der Waals surface area contributed by atoms with Crippen LogP contribution in [0.15, 0.2) is 30.3 Å². The molecule has 122 valence electrons. The largest absolute Gasteiger partial charge is 0.384 e. The number of benzene rings is 1. The number of methoxy groups -OCH3 is 1. The van der Waals surface area contributed by atoms with Crippen molar-refractivity contribution in [3.63, 3.8) is 0 Å². The highest BCUT2D eigenvalue weighted by atomic mass is 16.5. The minimum absolute atomic E-state index is 0.00908. The summed E-state index contributed by atoms with van der Waals surface area (Å²) >= 11 is 0. The number of amides is 1. The first-order chi connectivity index (χ1) is 10.4. The summed E-state index contributed by atoms with van der Waals surface area (Å²) in [6.45, 7) is 6.67. The van der Waals surface area contributed by atoms with Gasteiger partial charge in [0.15, 0.2) is 0 Å². The van der Waals surface area contributed by atoms with Crippen LogP contribution in [0.3, 0.4) is 0 Å². The predicted molar refractivity (Wildman–Crippen MR) is 86.6 cm³/mol. The lowest BCUT2D eigenvalue weighted by Gasteiger charge is -2.47. The highest BCUT2D eigenvalue weighted by Crippen LogP contribution is 2.39. The summed E-state index contributed by atoms with van der Waals surface area (Å²) in [5.74, 6) is 0.0427. The van der Waals surface area contributed by atoms with Crippen molar-refractivity contribution >= 4 is 5.91 Å². The van der Waals surface area contributed by atoms with E-state index in [1.165, 1.54) is 0 Å². The van der Waals surface area contributed by atoms with Gasteiger partial charge in [-0.25, -0.2) is 0 Å². The maximum absolute atomic E-state index is 12.7. The van der Waals surface area contributed by atoms with E-state index in [1.807, 2.05) is 37.1 Å². The van der Waals surface area contributed by atoms with E-state index in [0.717, 1.165) is 12.0 Å². The Morgan fingerprint density at radius 3 is 2.50 bits per heavy atom. The molecule has 0 N–H and O–H groups in total. The molecule has 1 fully saturated rings. The second-order valence-electron chi connectivity index (χ2n) is 6.48. The maximum Gasteiger partial charge on any atom is 0.252 e. The fourth-order valence-electron chi connectivity index (χ4n) is 3.06. The molecule has 1 aromatic carbocycles. The number of hydrogen-bond acceptors (Lipinski definition) is 3. The van der Waals surface area contributed by atoms with Gasteiger partial charge >= 0.3 is 0 Å². The van der Waals surface area contributed by atoms with Crippen LogP contribution in [-0.2, 0) is 14.3 Å². The standard InChI is InChI=1S/C18H27NO3/c1-6-18(3,12-21-5)16-17(20)19(4)13(2)15(22-16)14-10-8-7-9-11-14/h7-11,13,15-16H,6,12H2,1-5H3/t13-,15-,16+,18-/m0/s1. The molecular weight excluding hydrogens is 278 g/mol. The monoisotopic (exact) mass is 305 g/mol. The first-order valence-corrected chi connectivity index (χ1v) is 7.90. The van der Waals surface area contributed by atoms with E-state index >= 15 is 0 Å². The lowest BCUT2D eigenvalue weighted by atomic mass is 9.80. The molecule has 1 saturated heterocycles. The van der Waals surface area contributed by atoms with Crippen LogP contribution in [0.1, 0.15) is 38.9 Å². The molecule has 4 atom stereocenters. The number of carbonyl (C=O) groups excluding carboxylic acids is 1. The second-order valence-corrected chi connectivity index (χ2v) is 6.48. The Balaban J connectivity index is 2.34. The summed E-state index contributed by atoms with van der Waals surface area (Å²) < 4.78 is 11.7. The molecule has 1 aromatic rings. The molecule has 1 aliphatic heterocycles. The van der Waals surface area contributed by atoms with Gasteiger partial charge in [-0.2, -0.15) is 0 Å². The Bertz CT molecular complexity index is 504. The Morgan fingerprint density at radius 2 is 1.95 bits per heavy atom. The maximum atomic E-state index is 12.7. The molecule has 0 radical (unpaired) electrons. The van der Waals surface area contributed by atoms with Crippen molar-refractivity contribution in [3.8, 4) is 0 Å². The number of likely N-dealkylation sites (N-methyl/N-ethyl adjacent to an activating group) is 1. The van der Waals surface area contributed by atoms with E-state index in [4.69, 9.17) is 9.47 Å². The summed E-state index contributed by atoms with van der Waals surface area (Å²) in [4.78, 5) is 14.6. The van der Waals surface area contributed by atoms with E-state index in [9.17, 15) is 4.79 Å². The van der Waals surface area contributed by atoms with Crippen LogP contribution >= 0.6 is 0 Å². The number of nitrogens with zero attached hydrogens (tertiary/aromatic N) is 1. The fourth-order valence-corrected chi connectivity index (χ4v) is 3.06. The van der Waals surface area contributed by atoms with Crippen LogP contribution in [0.4, 0.5) is 0 Å². The molecule has 0 spiro atoms. The normalized spacial score (nSPS) is 28.5. The third-order valence-corrected chi connectivity index (χ3v) is 4.95. The molecule has 4 heteroatoms. The summed E-state index contributed by atoms with van der Waals surface area (Å²) in [6, 6.07) is 10.1. The molecule has 0 saturated carbocycles. The average Bonchev–Trinajstić information content (AvgIpc) is 2.54. The van der Waals surface area contributed by atoms with E-state index in [0.29, 0.717) is 6.61 Å². The van der Waals surface area contributed by atoms with Gasteiger partial charge in [0.25, 0.3) is 5.91 Å². The van der Waals surface area contributed by atoms with Crippen molar-refractivity contribution in [2.75, 3.05) is 20.8 Å². The van der Waals surface area contributed by atoms with Gasteiger partial charge in [-0.3, -0.25) is 4.79 Å². The number of carbonyl (C=O) groups is 1. The van der Waals surface area contributed by atoms with E-state index < -0.39 is 6.10 Å². The summed E-state index contributed by atoms with van der Waals surface area (Å²) in [5.41, 5.74) is 0.781. The van der Waals surface area contributed by atoms with E-state index in [2.05, 4.69) is 26.0 Å². The molecule has 22 heavy (non-hydrogen) atoms. The quantitative estimate of drug-likeness (QED) is 0.839. The van der Waals surface area contributed by atoms with Crippen molar-refractivity contribution in [3.05, 3.63) is 35.9 Å². The van der Waals surface area contributed by atoms with Crippen LogP contribution in [0.5, 0.6) is 0 Å². The van der Waals surface area contributed by atoms with Crippen LogP contribution in [0, 0.1) is 5.41 Å². The Labute approximate surface area is 133 Å². The van der Waals surface area contributed by atoms with Crippen LogP contribution in [0.25, 0.3) is 0 Å². The van der Waals surface area contributed by atoms with Crippen LogP contribution < -0.4 is 0 Å². The lowest BCUT2D eigenvalue weighted by molar-refractivity contribution is -0.190. The Morgan fingerprint density at radius 1 is 1.32 bits per heavy atom. The van der Waals surface area contributed by atoms with Crippen molar-refractivity contribution < 1.29 is 14.3 Å². The summed E-state index contributed by atoms with van der Waals surface area (Å²) in [6.07, 6.45) is 0.224. The van der Waals surface area contributed by atoms with Crippen molar-refractivity contribution in [2.24, 2.45) is 5.41 Å². The second kappa shape index (κ2) is 6.80. The first kappa shape index (κ1) is 17.0. The zero-order chi connectivity index (χ0) is 16.3. The number of ether oxygens (including phenoxy) is 2. The summed E-state index contributed by atoms with van der Waals surface area (Å²) in [5, 5.41) is 0. The zero-order valence-electron chi connectivity index (χ0n) is 14.2. The van der Waals surface area contributed by atoms with Crippen LogP contribution in [0.2, 0.25) is 0 Å². The average molecular weight is 305 g/mol. The van der Waals surface area contributed by atoms with Gasteiger partial charge in [-0.05, 0) is 18.9 Å². The number of morpholine rings is 1. The minimum atomic E-state index is -0.483. The molecule has 1 amide bonds. The highest BCUT2D eigenvalue weighted by molar-refractivity contribution is 5.82. The van der Waals surface area contributed by atoms with Crippen molar-refractivity contribution in [1.29, 1.82) is 0 Å². The van der Waals surface area contributed by atoms with Gasteiger partial charge in [0.2, 0.25) is 0 Å². The third-order valence-electron chi connectivity index (χ3n) is 4.95. The smallest absolute Gasteiger partial charge is 0.252 e. The topological polar surface area (TPSA) is 38.8 Å². The van der Waals surface area contributed by atoms with Crippen LogP contribution in [-0.4, -0.2) is 43.7 Å². The molecule has 1 aliphatic rings. The van der Waals surface area contributed by atoms with E-state index in [-0.39, 0.29) is 23.5 Å². The number of rotatable bonds is 5. The van der Waals surface area contributed by atoms with Gasteiger partial charge in [0.1, 0.15) is 12.2 Å². The predicted octanol–water partition coefficient (Wildman–Crippen LogP) is 3.04. The molecular formula is C18H27NO3. The highest BCUT2D eigenvalue weighted by Gasteiger charge is 2.47. The molecule has 1 heterocycles. The SMILES string of the molecule is CC[C@@](C)(COC)[C@@H]1O[C@H](c2ccccc2)[C@H](C)N(C)C1=O. The van der Waals surface area contributed by atoms with Crippen molar-refractivity contribution in [1.82, 2.24) is 4.90 Å². The lowest BCUT2D eigenvalue weighted by Crippen LogP contribution is -2.58. The van der Waals surface area contributed by atoms with Gasteiger partial charge in [0.05, 0.1) is 12.6 Å². The molecule has 2 rings (SSSR count). The first-order valence-electron chi connectivity index (χ1n) is 7.90. The molecule has 4 nitrogen and oxygen atoms in total. The summed E-state index contributed by atoms with van der Waals surface area (Å²) in [7, 11) is 3.53. The minimum Gasteiger partial charge on any atom is -0.384 e. The molecule has 0 unspecified atom stereocenters. The fraction of sp³-hybridized carbons (Fsp3) is 0.611. The number of hydrogen-bond donors (Lipinski definition) is 0. The van der Waals surface area contributed by atoms with Gasteiger partial charge in [-0.1, -0.05) is 44.2 Å². The van der Waals surface area contributed by atoms with Crippen molar-refractivity contribution in [2.45, 2.75) is 45.4 Å². The Hall–Kier alpha value is -1.39. The van der Waals surface area contributed by atoms with Gasteiger partial charge in [-0.15, -0.1) is 0 Å². The molecule has 0 aromatic heterocycles. The van der Waals surface area contributed by atoms with Gasteiger partial charge < -0.3 is 14.4 Å². The molecule has 0 aliphatic carbocycles. The Kier molecular flexibility index (Phi) is 5.24. The van der Waals surface area contributed by atoms with Gasteiger partial charge in [0, 0.05) is 19.6 Å². The third kappa shape index (κ3) is 3.03. The zero-order valence-corrected chi connectivity index (χ0v) is 14.2.